The van der Waals surface area contributed by atoms with Gasteiger partial charge in [0.05, 0.1) is 24.0 Å². The van der Waals surface area contributed by atoms with Gasteiger partial charge in [-0.15, -0.1) is 5.10 Å². The number of hydrogen-bond donors (Lipinski definition) is 1. The highest BCUT2D eigenvalue weighted by molar-refractivity contribution is 4.98. The lowest BCUT2D eigenvalue weighted by atomic mass is 9.74. The average Bonchev–Trinajstić information content (AvgIpc) is 2.79. The summed E-state index contributed by atoms with van der Waals surface area (Å²) in [4.78, 5) is 0. The molecule has 0 aromatic carbocycles. The molecule has 0 aliphatic carbocycles. The quantitative estimate of drug-likeness (QED) is 0.767. The lowest BCUT2D eigenvalue weighted by Crippen LogP contribution is -2.46. The number of unbranched alkanes of at least 4 members (excludes halogenated alkanes) is 1. The van der Waals surface area contributed by atoms with Gasteiger partial charge in [-0.25, -0.2) is 4.68 Å². The molecule has 4 nitrogen and oxygen atoms in total. The zero-order valence-corrected chi connectivity index (χ0v) is 15.6. The molecule has 1 atom stereocenters. The zero-order chi connectivity index (χ0) is 17.0. The van der Waals surface area contributed by atoms with Gasteiger partial charge in [-0.05, 0) is 36.5 Å². The first-order valence-electron chi connectivity index (χ1n) is 8.58. The van der Waals surface area contributed by atoms with Crippen molar-refractivity contribution in [3.8, 4) is 0 Å². The van der Waals surface area contributed by atoms with Crippen LogP contribution in [0.25, 0.3) is 0 Å². The van der Waals surface area contributed by atoms with E-state index < -0.39 is 5.60 Å². The Hall–Kier alpha value is -0.900. The van der Waals surface area contributed by atoms with Crippen molar-refractivity contribution >= 4 is 0 Å². The number of hydrogen-bond acceptors (Lipinski definition) is 3. The van der Waals surface area contributed by atoms with E-state index in [0.717, 1.165) is 18.5 Å². The Bertz CT molecular complexity index is 454. The monoisotopic (exact) mass is 309 g/mol. The summed E-state index contributed by atoms with van der Waals surface area (Å²) in [6.45, 7) is 15.6. The predicted molar refractivity (Wildman–Crippen MR) is 91.7 cm³/mol. The third-order valence-corrected chi connectivity index (χ3v) is 4.70. The number of nitrogens with zero attached hydrogens (tertiary/aromatic N) is 3. The van der Waals surface area contributed by atoms with Gasteiger partial charge in [-0.1, -0.05) is 60.1 Å². The van der Waals surface area contributed by atoms with E-state index in [-0.39, 0.29) is 5.41 Å². The van der Waals surface area contributed by atoms with Crippen LogP contribution in [-0.2, 0) is 13.0 Å². The molecular formula is C18H35N3O. The summed E-state index contributed by atoms with van der Waals surface area (Å²) in [5.74, 6) is 0. The van der Waals surface area contributed by atoms with E-state index in [9.17, 15) is 5.11 Å². The second-order valence-corrected chi connectivity index (χ2v) is 8.79. The van der Waals surface area contributed by atoms with Crippen LogP contribution in [0.3, 0.4) is 0 Å². The SMILES string of the molecule is CC[C@](O)(Cn1nncc1CCCCC(C)(C)C)C(C)(C)C. The van der Waals surface area contributed by atoms with Crippen molar-refractivity contribution in [2.75, 3.05) is 0 Å². The van der Waals surface area contributed by atoms with Gasteiger partial charge in [0.2, 0.25) is 0 Å². The topological polar surface area (TPSA) is 50.9 Å². The third-order valence-electron chi connectivity index (χ3n) is 4.70. The molecule has 0 radical (unpaired) electrons. The summed E-state index contributed by atoms with van der Waals surface area (Å²) in [7, 11) is 0. The molecule has 1 heterocycles. The fraction of sp³-hybridized carbons (Fsp3) is 0.889. The van der Waals surface area contributed by atoms with Crippen LogP contribution in [0.15, 0.2) is 6.20 Å². The average molecular weight is 309 g/mol. The van der Waals surface area contributed by atoms with Crippen LogP contribution in [0, 0.1) is 10.8 Å². The van der Waals surface area contributed by atoms with Gasteiger partial charge in [0.1, 0.15) is 0 Å². The first-order valence-corrected chi connectivity index (χ1v) is 8.58. The fourth-order valence-corrected chi connectivity index (χ4v) is 2.69. The van der Waals surface area contributed by atoms with Crippen molar-refractivity contribution < 1.29 is 5.11 Å². The maximum Gasteiger partial charge on any atom is 0.0888 e. The summed E-state index contributed by atoms with van der Waals surface area (Å²) in [5, 5.41) is 19.2. The van der Waals surface area contributed by atoms with Crippen LogP contribution in [-0.4, -0.2) is 25.7 Å². The van der Waals surface area contributed by atoms with Gasteiger partial charge < -0.3 is 5.11 Å². The fourth-order valence-electron chi connectivity index (χ4n) is 2.69. The molecule has 0 saturated heterocycles. The van der Waals surface area contributed by atoms with E-state index in [4.69, 9.17) is 0 Å². The predicted octanol–water partition coefficient (Wildman–Crippen LogP) is 4.22. The molecule has 0 spiro atoms. The van der Waals surface area contributed by atoms with Crippen LogP contribution in [0.1, 0.15) is 79.8 Å². The minimum Gasteiger partial charge on any atom is -0.387 e. The molecular weight excluding hydrogens is 274 g/mol. The normalized spacial score (nSPS) is 15.8. The van der Waals surface area contributed by atoms with Gasteiger partial charge in [0, 0.05) is 0 Å². The van der Waals surface area contributed by atoms with Crippen LogP contribution < -0.4 is 0 Å². The minimum absolute atomic E-state index is 0.183. The first kappa shape index (κ1) is 19.1. The van der Waals surface area contributed by atoms with Gasteiger partial charge in [-0.3, -0.25) is 0 Å². The van der Waals surface area contributed by atoms with Gasteiger partial charge in [0.15, 0.2) is 0 Å². The molecule has 1 aromatic rings. The molecule has 0 aliphatic heterocycles. The van der Waals surface area contributed by atoms with Crippen molar-refractivity contribution in [3.05, 3.63) is 11.9 Å². The summed E-state index contributed by atoms with van der Waals surface area (Å²) in [6.07, 6.45) is 7.12. The Morgan fingerprint density at radius 1 is 1.09 bits per heavy atom. The molecule has 1 aromatic heterocycles. The molecule has 0 amide bonds. The third kappa shape index (κ3) is 5.38. The van der Waals surface area contributed by atoms with Gasteiger partial charge in [-0.2, -0.15) is 0 Å². The number of rotatable bonds is 7. The van der Waals surface area contributed by atoms with Gasteiger partial charge >= 0.3 is 0 Å². The molecule has 0 aliphatic rings. The standard InChI is InChI=1S/C18H35N3O/c1-8-18(22,17(5,6)7)14-21-15(13-19-20-21)11-9-10-12-16(2,3)4/h13,22H,8-12,14H2,1-7H3/t18-/m0/s1. The second kappa shape index (κ2) is 7.12. The van der Waals surface area contributed by atoms with Crippen molar-refractivity contribution in [3.63, 3.8) is 0 Å². The Kier molecular flexibility index (Phi) is 6.19. The molecule has 128 valence electrons. The van der Waals surface area contributed by atoms with Crippen molar-refractivity contribution in [1.82, 2.24) is 15.0 Å². The number of aryl methyl sites for hydroxylation is 1. The molecule has 0 fully saturated rings. The summed E-state index contributed by atoms with van der Waals surface area (Å²) in [5.41, 5.74) is 0.579. The highest BCUT2D eigenvalue weighted by Crippen LogP contribution is 2.34. The molecule has 22 heavy (non-hydrogen) atoms. The van der Waals surface area contributed by atoms with Gasteiger partial charge in [0.25, 0.3) is 0 Å². The van der Waals surface area contributed by atoms with E-state index in [1.54, 1.807) is 0 Å². The smallest absolute Gasteiger partial charge is 0.0888 e. The second-order valence-electron chi connectivity index (χ2n) is 8.79. The van der Waals surface area contributed by atoms with E-state index in [0.29, 0.717) is 18.4 Å². The molecule has 0 bridgehead atoms. The lowest BCUT2D eigenvalue weighted by molar-refractivity contribution is -0.0770. The Balaban J connectivity index is 2.66. The van der Waals surface area contributed by atoms with Crippen LogP contribution in [0.4, 0.5) is 0 Å². The molecule has 1 rings (SSSR count). The Labute approximate surface area is 136 Å². The van der Waals surface area contributed by atoms with Crippen molar-refractivity contribution in [1.29, 1.82) is 0 Å². The summed E-state index contributed by atoms with van der Waals surface area (Å²) >= 11 is 0. The Morgan fingerprint density at radius 2 is 1.73 bits per heavy atom. The van der Waals surface area contributed by atoms with Crippen molar-refractivity contribution in [2.24, 2.45) is 10.8 Å². The van der Waals surface area contributed by atoms with Crippen LogP contribution in [0.5, 0.6) is 0 Å². The lowest BCUT2D eigenvalue weighted by Gasteiger charge is -2.39. The van der Waals surface area contributed by atoms with E-state index in [1.807, 2.05) is 17.8 Å². The van der Waals surface area contributed by atoms with E-state index >= 15 is 0 Å². The molecule has 0 unspecified atom stereocenters. The molecule has 0 saturated carbocycles. The molecule has 1 N–H and O–H groups in total. The highest BCUT2D eigenvalue weighted by atomic mass is 16.3. The maximum absolute atomic E-state index is 10.9. The number of aliphatic hydroxyl groups is 1. The largest absolute Gasteiger partial charge is 0.387 e. The van der Waals surface area contributed by atoms with Crippen LogP contribution >= 0.6 is 0 Å². The van der Waals surface area contributed by atoms with E-state index in [1.165, 1.54) is 12.8 Å². The zero-order valence-electron chi connectivity index (χ0n) is 15.6. The number of aromatic nitrogens is 3. The minimum atomic E-state index is -0.763. The highest BCUT2D eigenvalue weighted by Gasteiger charge is 2.39. The first-order chi connectivity index (χ1) is 9.98. The van der Waals surface area contributed by atoms with E-state index in [2.05, 4.69) is 51.9 Å². The Morgan fingerprint density at radius 3 is 2.23 bits per heavy atom. The summed E-state index contributed by atoms with van der Waals surface area (Å²) < 4.78 is 1.89. The summed E-state index contributed by atoms with van der Waals surface area (Å²) in [6, 6.07) is 0. The molecule has 4 heteroatoms. The van der Waals surface area contributed by atoms with Crippen LogP contribution in [0.2, 0.25) is 0 Å². The van der Waals surface area contributed by atoms with Crippen molar-refractivity contribution in [2.45, 2.75) is 92.7 Å². The maximum atomic E-state index is 10.9.